The van der Waals surface area contributed by atoms with Gasteiger partial charge in [0.05, 0.1) is 34.1 Å². The van der Waals surface area contributed by atoms with Crippen LogP contribution in [0.15, 0.2) is 28.0 Å². The van der Waals surface area contributed by atoms with Crippen LogP contribution in [-0.4, -0.2) is 69.7 Å². The smallest absolute Gasteiger partial charge is 0.267 e. The number of aromatic nitrogens is 2. The second kappa shape index (κ2) is 10.4. The fraction of sp³-hybridized carbons (Fsp3) is 0.478. The lowest BCUT2D eigenvalue weighted by Gasteiger charge is -2.20. The fourth-order valence-corrected chi connectivity index (χ4v) is 7.11. The summed E-state index contributed by atoms with van der Waals surface area (Å²) < 4.78 is 31.2. The number of hydrogen-bond acceptors (Lipinski definition) is 9. The maximum atomic E-state index is 13.4. The highest BCUT2D eigenvalue weighted by molar-refractivity contribution is 8.26. The summed E-state index contributed by atoms with van der Waals surface area (Å²) in [5.41, 5.74) is 1.32. The number of carbonyl (C=O) groups excluding carboxylic acids is 1. The van der Waals surface area contributed by atoms with Crippen LogP contribution in [0.3, 0.4) is 0 Å². The van der Waals surface area contributed by atoms with Crippen molar-refractivity contribution in [2.24, 2.45) is 0 Å². The average Bonchev–Trinajstić information content (AvgIpc) is 3.27. The van der Waals surface area contributed by atoms with Gasteiger partial charge >= 0.3 is 0 Å². The number of nitrogens with zero attached hydrogens (tertiary/aromatic N) is 3. The number of ether oxygens (including phenoxy) is 1. The Morgan fingerprint density at radius 3 is 2.80 bits per heavy atom. The number of rotatable bonds is 8. The molecule has 35 heavy (non-hydrogen) atoms. The summed E-state index contributed by atoms with van der Waals surface area (Å²) in [6.45, 7) is 6.91. The third-order valence-electron chi connectivity index (χ3n) is 5.74. The Balaban J connectivity index is 1.67. The molecule has 2 aliphatic rings. The van der Waals surface area contributed by atoms with Crippen LogP contribution in [0.4, 0.5) is 5.82 Å². The van der Waals surface area contributed by atoms with Gasteiger partial charge in [0.2, 0.25) is 0 Å². The molecule has 2 aromatic rings. The van der Waals surface area contributed by atoms with Crippen molar-refractivity contribution in [1.82, 2.24) is 14.3 Å². The summed E-state index contributed by atoms with van der Waals surface area (Å²) in [6.07, 6.45) is 4.42. The summed E-state index contributed by atoms with van der Waals surface area (Å²) in [4.78, 5) is 32.9. The molecule has 1 unspecified atom stereocenters. The van der Waals surface area contributed by atoms with Gasteiger partial charge in [-0.25, -0.2) is 13.4 Å². The van der Waals surface area contributed by atoms with E-state index in [1.807, 2.05) is 26.8 Å². The SMILES string of the molecule is Cc1ccc2nc(NCCCOC(C)C)c(C=C3SC(=S)N(C4CCS(=O)(=O)C4)C3=O)c(=O)n2c1. The van der Waals surface area contributed by atoms with E-state index >= 15 is 0 Å². The molecule has 1 amide bonds. The lowest BCUT2D eigenvalue weighted by molar-refractivity contribution is -0.123. The van der Waals surface area contributed by atoms with Gasteiger partial charge < -0.3 is 10.1 Å². The number of sulfone groups is 1. The van der Waals surface area contributed by atoms with E-state index in [9.17, 15) is 18.0 Å². The van der Waals surface area contributed by atoms with Crippen LogP contribution >= 0.6 is 24.0 Å². The van der Waals surface area contributed by atoms with Gasteiger partial charge in [-0.2, -0.15) is 0 Å². The maximum Gasteiger partial charge on any atom is 0.267 e. The van der Waals surface area contributed by atoms with Crippen molar-refractivity contribution >= 4 is 61.6 Å². The molecule has 0 radical (unpaired) electrons. The number of pyridine rings is 1. The maximum absolute atomic E-state index is 13.4. The van der Waals surface area contributed by atoms with E-state index in [1.165, 1.54) is 15.4 Å². The Morgan fingerprint density at radius 2 is 2.11 bits per heavy atom. The molecule has 12 heteroatoms. The molecule has 2 saturated heterocycles. The summed E-state index contributed by atoms with van der Waals surface area (Å²) in [6, 6.07) is 3.17. The van der Waals surface area contributed by atoms with E-state index < -0.39 is 15.9 Å². The standard InChI is InChI=1S/C23H28N4O5S3/c1-14(2)32-9-4-8-24-20-17(21(28)26-12-15(3)5-6-19(26)25-20)11-18-22(29)27(23(33)34-18)16-7-10-35(30,31)13-16/h5-6,11-12,14,16,24H,4,7-10,13H2,1-3H3. The largest absolute Gasteiger partial charge is 0.379 e. The molecular weight excluding hydrogens is 508 g/mol. The number of thioether (sulfide) groups is 1. The number of amides is 1. The lowest BCUT2D eigenvalue weighted by Crippen LogP contribution is -2.39. The number of thiocarbonyl (C=S) groups is 1. The van der Waals surface area contributed by atoms with E-state index in [4.69, 9.17) is 17.0 Å². The third kappa shape index (κ3) is 5.76. The molecular formula is C23H28N4O5S3. The van der Waals surface area contributed by atoms with Gasteiger partial charge in [0.15, 0.2) is 9.84 Å². The molecule has 0 aromatic carbocycles. The summed E-state index contributed by atoms with van der Waals surface area (Å²) >= 11 is 6.48. The van der Waals surface area contributed by atoms with E-state index in [0.717, 1.165) is 17.3 Å². The van der Waals surface area contributed by atoms with E-state index in [1.54, 1.807) is 12.3 Å². The number of carbonyl (C=O) groups is 1. The van der Waals surface area contributed by atoms with Gasteiger partial charge in [-0.3, -0.25) is 18.9 Å². The van der Waals surface area contributed by atoms with E-state index in [2.05, 4.69) is 10.3 Å². The van der Waals surface area contributed by atoms with Crippen LogP contribution in [0.2, 0.25) is 0 Å². The second-order valence-electron chi connectivity index (χ2n) is 8.92. The van der Waals surface area contributed by atoms with Crippen LogP contribution in [0.5, 0.6) is 0 Å². The molecule has 4 rings (SSSR count). The topological polar surface area (TPSA) is 110 Å². The van der Waals surface area contributed by atoms with Gasteiger partial charge in [-0.05, 0) is 51.3 Å². The third-order valence-corrected chi connectivity index (χ3v) is 8.82. The predicted octanol–water partition coefficient (Wildman–Crippen LogP) is 2.62. The molecule has 2 fully saturated rings. The minimum atomic E-state index is -3.18. The molecule has 1 N–H and O–H groups in total. The number of fused-ring (bicyclic) bond motifs is 1. The number of aryl methyl sites for hydroxylation is 1. The van der Waals surface area contributed by atoms with E-state index in [-0.39, 0.29) is 39.5 Å². The number of nitrogens with one attached hydrogen (secondary N) is 1. The minimum absolute atomic E-state index is 0.0393. The van der Waals surface area contributed by atoms with Gasteiger partial charge in [-0.15, -0.1) is 0 Å². The lowest BCUT2D eigenvalue weighted by atomic mass is 10.2. The van der Waals surface area contributed by atoms with E-state index in [0.29, 0.717) is 41.8 Å². The van der Waals surface area contributed by atoms with Gasteiger partial charge in [0.1, 0.15) is 15.8 Å². The van der Waals surface area contributed by atoms with Crippen molar-refractivity contribution in [3.05, 3.63) is 44.7 Å². The molecule has 9 nitrogen and oxygen atoms in total. The normalized spacial score (nSPS) is 21.1. The van der Waals surface area contributed by atoms with Crippen LogP contribution in [0.1, 0.15) is 37.8 Å². The second-order valence-corrected chi connectivity index (χ2v) is 12.8. The van der Waals surface area contributed by atoms with Gasteiger partial charge in [0.25, 0.3) is 11.5 Å². The first-order valence-electron chi connectivity index (χ1n) is 11.4. The summed E-state index contributed by atoms with van der Waals surface area (Å²) in [5.74, 6) is -0.0704. The fourth-order valence-electron chi connectivity index (χ4n) is 4.03. The van der Waals surface area contributed by atoms with Gasteiger partial charge in [0, 0.05) is 19.3 Å². The first kappa shape index (κ1) is 25.8. The molecule has 0 aliphatic carbocycles. The van der Waals surface area contributed by atoms with Crippen molar-refractivity contribution in [3.8, 4) is 0 Å². The van der Waals surface area contributed by atoms with Crippen molar-refractivity contribution in [2.75, 3.05) is 30.0 Å². The molecule has 188 valence electrons. The highest BCUT2D eigenvalue weighted by atomic mass is 32.2. The highest BCUT2D eigenvalue weighted by Gasteiger charge is 2.42. The Morgan fingerprint density at radius 1 is 1.34 bits per heavy atom. The molecule has 0 spiro atoms. The quantitative estimate of drug-likeness (QED) is 0.309. The molecule has 1 atom stereocenters. The van der Waals surface area contributed by atoms with Crippen molar-refractivity contribution in [3.63, 3.8) is 0 Å². The zero-order valence-corrected chi connectivity index (χ0v) is 22.3. The zero-order valence-electron chi connectivity index (χ0n) is 19.8. The Labute approximate surface area is 213 Å². The van der Waals surface area contributed by atoms with Crippen LogP contribution in [-0.2, 0) is 19.4 Å². The molecule has 2 aliphatic heterocycles. The molecule has 4 heterocycles. The first-order chi connectivity index (χ1) is 16.6. The van der Waals surface area contributed by atoms with Crippen molar-refractivity contribution in [1.29, 1.82) is 0 Å². The first-order valence-corrected chi connectivity index (χ1v) is 14.5. The Kier molecular flexibility index (Phi) is 7.65. The minimum Gasteiger partial charge on any atom is -0.379 e. The molecule has 2 aromatic heterocycles. The van der Waals surface area contributed by atoms with Crippen LogP contribution in [0, 0.1) is 6.92 Å². The van der Waals surface area contributed by atoms with Crippen molar-refractivity contribution in [2.45, 2.75) is 45.8 Å². The van der Waals surface area contributed by atoms with Crippen LogP contribution in [0.25, 0.3) is 11.7 Å². The van der Waals surface area contributed by atoms with Crippen LogP contribution < -0.4 is 10.9 Å². The summed E-state index contributed by atoms with van der Waals surface area (Å²) in [7, 11) is -3.18. The Hall–Kier alpha value is -2.28. The Bertz CT molecular complexity index is 1370. The average molecular weight is 537 g/mol. The highest BCUT2D eigenvalue weighted by Crippen LogP contribution is 2.36. The molecule has 0 saturated carbocycles. The summed E-state index contributed by atoms with van der Waals surface area (Å²) in [5, 5.41) is 3.22. The predicted molar refractivity (Wildman–Crippen MR) is 142 cm³/mol. The zero-order chi connectivity index (χ0) is 25.3. The monoisotopic (exact) mass is 536 g/mol. The number of anilines is 1. The number of hydrogen-bond donors (Lipinski definition) is 1. The molecule has 0 bridgehead atoms. The van der Waals surface area contributed by atoms with Crippen molar-refractivity contribution < 1.29 is 17.9 Å². The van der Waals surface area contributed by atoms with Gasteiger partial charge in [-0.1, -0.05) is 30.0 Å².